The van der Waals surface area contributed by atoms with E-state index in [0.29, 0.717) is 76.7 Å². The number of ether oxygens (including phenoxy) is 3. The van der Waals surface area contributed by atoms with Crippen molar-refractivity contribution < 1.29 is 91.8 Å². The lowest BCUT2D eigenvalue weighted by Crippen LogP contribution is -2.53. The number of pyridine rings is 2. The molecule has 0 bridgehead atoms. The number of imide groups is 1. The molecule has 31 heteroatoms. The van der Waals surface area contributed by atoms with Crippen LogP contribution in [-0.4, -0.2) is 183 Å². The molecule has 2 aromatic carbocycles. The van der Waals surface area contributed by atoms with Gasteiger partial charge in [0, 0.05) is 60.5 Å². The summed E-state index contributed by atoms with van der Waals surface area (Å²) in [7, 11) is 0. The van der Waals surface area contributed by atoms with Crippen LogP contribution in [0.15, 0.2) is 59.4 Å². The molecule has 484 valence electrons. The number of benzene rings is 2. The number of carbonyl (C=O) groups is 11. The molecule has 1 aliphatic carbocycles. The minimum atomic E-state index is -1.69. The van der Waals surface area contributed by atoms with Gasteiger partial charge in [-0.2, -0.15) is 0 Å². The van der Waals surface area contributed by atoms with Gasteiger partial charge in [-0.05, 0) is 67.3 Å². The number of nitrogens with one attached hydrogen (secondary N) is 8. The van der Waals surface area contributed by atoms with Gasteiger partial charge in [0.15, 0.2) is 12.3 Å². The first kappa shape index (κ1) is 66.0. The van der Waals surface area contributed by atoms with E-state index in [4.69, 9.17) is 19.2 Å². The SMILES string of the molecule is Cc1c(F)cc2nc3c(c4c2c1CC[C@@H]4NC(=O)COCNC(=O)CNC(=O)[C@H](Cc1ccccc1)NC(=O)CNC(=O)CNC(=O)[C@H](CCC(=O)NC1O[C@H](CO)[C@@H](O)[C@H]1O)NC(=O)CCCCCN1C(=O)C=CC1=O)Cn1c-3cc2c(c1=O)COC(=O)[C@H]2O. The summed E-state index contributed by atoms with van der Waals surface area (Å²) in [6, 6.07) is 7.95. The molecule has 9 rings (SSSR count). The van der Waals surface area contributed by atoms with Crippen molar-refractivity contribution in [1.82, 2.24) is 57.0 Å². The van der Waals surface area contributed by atoms with Gasteiger partial charge in [-0.25, -0.2) is 14.2 Å². The van der Waals surface area contributed by atoms with Crippen molar-refractivity contribution in [2.75, 3.05) is 46.1 Å². The number of nitrogens with zero attached hydrogens (tertiary/aromatic N) is 3. The van der Waals surface area contributed by atoms with Gasteiger partial charge in [0.1, 0.15) is 56.2 Å². The average Bonchev–Trinajstić information content (AvgIpc) is 1.65. The van der Waals surface area contributed by atoms with Crippen molar-refractivity contribution >= 4 is 75.9 Å². The van der Waals surface area contributed by atoms with Crippen LogP contribution >= 0.6 is 0 Å². The molecule has 8 atom stereocenters. The molecule has 0 spiro atoms. The monoisotopic (exact) mass is 1270 g/mol. The number of cyclic esters (lactones) is 1. The Morgan fingerprint density at radius 2 is 1.45 bits per heavy atom. The van der Waals surface area contributed by atoms with E-state index in [9.17, 15) is 78.0 Å². The maximum absolute atomic E-state index is 15.3. The first-order chi connectivity index (χ1) is 43.6. The van der Waals surface area contributed by atoms with Gasteiger partial charge in [0.05, 0.1) is 61.3 Å². The van der Waals surface area contributed by atoms with Crippen LogP contribution in [0.1, 0.15) is 96.0 Å². The average molecular weight is 1270 g/mol. The first-order valence-electron chi connectivity index (χ1n) is 29.4. The molecule has 4 aromatic rings. The Morgan fingerprint density at radius 3 is 2.16 bits per heavy atom. The molecular formula is C60H68FN11O19. The molecule has 1 unspecified atom stereocenters. The van der Waals surface area contributed by atoms with Gasteiger partial charge in [-0.1, -0.05) is 36.8 Å². The molecule has 30 nitrogen and oxygen atoms in total. The van der Waals surface area contributed by atoms with Gasteiger partial charge in [0.25, 0.3) is 17.4 Å². The largest absolute Gasteiger partial charge is 0.458 e. The molecule has 10 amide bonds. The molecule has 1 fully saturated rings. The number of aliphatic hydroxyl groups is 4. The minimum absolute atomic E-state index is 0.0259. The maximum Gasteiger partial charge on any atom is 0.340 e. The van der Waals surface area contributed by atoms with E-state index in [1.165, 1.54) is 16.7 Å². The number of fused-ring (bicyclic) bond motifs is 5. The number of carbonyl (C=O) groups excluding carboxylic acids is 11. The summed E-state index contributed by atoms with van der Waals surface area (Å²) in [5.41, 5.74) is 3.52. The summed E-state index contributed by atoms with van der Waals surface area (Å²) in [4.78, 5) is 161. The Balaban J connectivity index is 0.733. The van der Waals surface area contributed by atoms with E-state index in [-0.39, 0.29) is 55.6 Å². The Kier molecular flexibility index (Phi) is 21.4. The highest BCUT2D eigenvalue weighted by Crippen LogP contribution is 2.45. The molecule has 0 radical (unpaired) electrons. The number of hydrogen-bond donors (Lipinski definition) is 12. The third-order valence-corrected chi connectivity index (χ3v) is 16.2. The highest BCUT2D eigenvalue weighted by molar-refractivity contribution is 6.12. The molecule has 12 N–H and O–H groups in total. The third-order valence-electron chi connectivity index (χ3n) is 16.2. The Labute approximate surface area is 517 Å². The number of rotatable bonds is 28. The van der Waals surface area contributed by atoms with E-state index < -0.39 is 171 Å². The summed E-state index contributed by atoms with van der Waals surface area (Å²) in [6.45, 7) is -2.20. The predicted octanol–water partition coefficient (Wildman–Crippen LogP) is -3.46. The summed E-state index contributed by atoms with van der Waals surface area (Å²) in [5.74, 6) is -8.42. The molecule has 1 saturated heterocycles. The maximum atomic E-state index is 15.3. The number of hydrogen-bond acceptors (Lipinski definition) is 20. The van der Waals surface area contributed by atoms with Crippen LogP contribution in [0.2, 0.25) is 0 Å². The van der Waals surface area contributed by atoms with Crippen molar-refractivity contribution in [2.24, 2.45) is 0 Å². The van der Waals surface area contributed by atoms with E-state index in [0.717, 1.165) is 17.1 Å². The first-order valence-corrected chi connectivity index (χ1v) is 29.4. The molecule has 2 aromatic heterocycles. The van der Waals surface area contributed by atoms with Gasteiger partial charge in [0.2, 0.25) is 47.3 Å². The summed E-state index contributed by atoms with van der Waals surface area (Å²) in [6.07, 6.45) is -4.15. The van der Waals surface area contributed by atoms with Crippen molar-refractivity contribution in [3.05, 3.63) is 110 Å². The molecule has 4 aliphatic heterocycles. The highest BCUT2D eigenvalue weighted by atomic mass is 19.1. The second kappa shape index (κ2) is 29.5. The van der Waals surface area contributed by atoms with Gasteiger partial charge in [-0.3, -0.25) is 57.6 Å². The molecular weight excluding hydrogens is 1200 g/mol. The van der Waals surface area contributed by atoms with Crippen LogP contribution in [0.3, 0.4) is 0 Å². The second-order valence-corrected chi connectivity index (χ2v) is 22.3. The van der Waals surface area contributed by atoms with Crippen LogP contribution in [0.25, 0.3) is 22.3 Å². The number of aliphatic hydroxyl groups excluding tert-OH is 4. The van der Waals surface area contributed by atoms with Crippen molar-refractivity contribution in [3.8, 4) is 11.4 Å². The molecule has 6 heterocycles. The van der Waals surface area contributed by atoms with Crippen LogP contribution in [-0.2, 0) is 92.9 Å². The van der Waals surface area contributed by atoms with E-state index in [2.05, 4.69) is 42.5 Å². The summed E-state index contributed by atoms with van der Waals surface area (Å²) < 4.78 is 32.6. The fourth-order valence-electron chi connectivity index (χ4n) is 11.4. The number of esters is 1. The van der Waals surface area contributed by atoms with Crippen molar-refractivity contribution in [2.45, 2.75) is 127 Å². The lowest BCUT2D eigenvalue weighted by molar-refractivity contribution is -0.157. The minimum Gasteiger partial charge on any atom is -0.458 e. The third kappa shape index (κ3) is 15.6. The fourth-order valence-corrected chi connectivity index (χ4v) is 11.4. The van der Waals surface area contributed by atoms with E-state index in [1.807, 2.05) is 0 Å². The lowest BCUT2D eigenvalue weighted by Gasteiger charge is -2.29. The van der Waals surface area contributed by atoms with Crippen LogP contribution in [0.5, 0.6) is 0 Å². The predicted molar refractivity (Wildman–Crippen MR) is 311 cm³/mol. The topological polar surface area (TPSA) is 431 Å². The zero-order valence-corrected chi connectivity index (χ0v) is 49.2. The number of aromatic nitrogens is 2. The van der Waals surface area contributed by atoms with Gasteiger partial charge in [-0.15, -0.1) is 0 Å². The van der Waals surface area contributed by atoms with Gasteiger partial charge < -0.3 is 81.7 Å². The summed E-state index contributed by atoms with van der Waals surface area (Å²) >= 11 is 0. The number of unbranched alkanes of at least 4 members (excludes halogenated alkanes) is 2. The molecule has 91 heavy (non-hydrogen) atoms. The van der Waals surface area contributed by atoms with Crippen LogP contribution in [0.4, 0.5) is 4.39 Å². The smallest absolute Gasteiger partial charge is 0.340 e. The zero-order chi connectivity index (χ0) is 65.2. The van der Waals surface area contributed by atoms with E-state index in [1.54, 1.807) is 37.3 Å². The summed E-state index contributed by atoms with van der Waals surface area (Å²) in [5, 5.41) is 60.8. The van der Waals surface area contributed by atoms with Crippen LogP contribution in [0, 0.1) is 12.7 Å². The standard InChI is InChI=1S/C60H68FN11O19/c1-29-31-11-12-36(51-33-24-72-40(52(33)69-38(50(31)51)20-35(29)61)19-32-34(59(72)87)26-90-60(88)53(32)82)66-47(79)27-89-28-65-45(77)22-64-57(86)39(18-30-8-4-2-5-9-30)68-46(78)23-62-44(76)21-63-56(85)37(13-14-43(75)70-58-55(84)54(83)41(25-73)91-58)67-42(74)10-6-3-7-17-71-48(80)15-16-49(71)81/h2,4-5,8-9,15-16,19-20,36-37,39,41,53-55,58,73,82-84H,3,6-7,10-14,17-18,21-28H2,1H3,(H,62,76)(H,63,85)(H,64,86)(H,65,77)(H,66,79)(H,67,74)(H,68,78)(H,70,75)/t36-,37-,39-,41+,53-,54+,55+,58?/m0/s1. The van der Waals surface area contributed by atoms with Crippen molar-refractivity contribution in [1.29, 1.82) is 0 Å². The Morgan fingerprint density at radius 1 is 0.758 bits per heavy atom. The molecule has 5 aliphatic rings. The Bertz CT molecular complexity index is 3640. The molecule has 0 saturated carbocycles. The van der Waals surface area contributed by atoms with Crippen molar-refractivity contribution in [3.63, 3.8) is 0 Å². The lowest BCUT2D eigenvalue weighted by atomic mass is 9.81. The quantitative estimate of drug-likeness (QED) is 0.0100. The Hall–Kier alpha value is -9.40. The zero-order valence-electron chi connectivity index (χ0n) is 49.2. The second-order valence-electron chi connectivity index (χ2n) is 22.3. The number of aryl methyl sites for hydroxylation is 1. The number of halogens is 1. The number of amides is 10. The van der Waals surface area contributed by atoms with E-state index >= 15 is 4.39 Å². The van der Waals surface area contributed by atoms with Gasteiger partial charge >= 0.3 is 5.97 Å². The normalized spacial score (nSPS) is 19.9. The highest BCUT2D eigenvalue weighted by Gasteiger charge is 2.43. The fraction of sp³-hybridized carbons (Fsp3) is 0.450. The van der Waals surface area contributed by atoms with Crippen LogP contribution < -0.4 is 48.1 Å².